The van der Waals surface area contributed by atoms with Crippen molar-refractivity contribution in [1.29, 1.82) is 0 Å². The van der Waals surface area contributed by atoms with E-state index in [1.54, 1.807) is 41.3 Å². The van der Waals surface area contributed by atoms with E-state index in [1.165, 1.54) is 23.3 Å². The molecule has 1 aliphatic carbocycles. The Bertz CT molecular complexity index is 1250. The number of rotatable bonds is 10. The van der Waals surface area contributed by atoms with Gasteiger partial charge < -0.3 is 14.2 Å². The standard InChI is InChI=1S/C28H31FN2O4/c1-19(2)13-14-30(28(34)21-9-10-21)17-26(32)31(15-20-7-11-23(29)12-8-20)16-22-18-35-25-6-4-3-5-24(25)27(22)33/h3-8,11-12,18-19,21H,9-10,13-17H2,1-2H3. The van der Waals surface area contributed by atoms with Gasteiger partial charge in [0, 0.05) is 19.0 Å². The highest BCUT2D eigenvalue weighted by molar-refractivity contribution is 5.87. The summed E-state index contributed by atoms with van der Waals surface area (Å²) in [6.07, 6.45) is 3.92. The molecule has 0 saturated heterocycles. The molecule has 2 amide bonds. The molecule has 3 aromatic rings. The lowest BCUT2D eigenvalue weighted by Crippen LogP contribution is -2.44. The average Bonchev–Trinajstić information content (AvgIpc) is 3.69. The van der Waals surface area contributed by atoms with Crippen molar-refractivity contribution >= 4 is 22.8 Å². The highest BCUT2D eigenvalue weighted by atomic mass is 19.1. The van der Waals surface area contributed by atoms with Gasteiger partial charge in [0.05, 0.1) is 30.3 Å². The van der Waals surface area contributed by atoms with Gasteiger partial charge in [0.2, 0.25) is 11.8 Å². The van der Waals surface area contributed by atoms with Crippen molar-refractivity contribution in [1.82, 2.24) is 9.80 Å². The summed E-state index contributed by atoms with van der Waals surface area (Å²) in [7, 11) is 0. The van der Waals surface area contributed by atoms with Gasteiger partial charge in [-0.2, -0.15) is 0 Å². The van der Waals surface area contributed by atoms with Crippen LogP contribution in [-0.2, 0) is 22.7 Å². The molecule has 6 nitrogen and oxygen atoms in total. The van der Waals surface area contributed by atoms with E-state index in [4.69, 9.17) is 4.42 Å². The molecule has 0 bridgehead atoms. The molecule has 0 unspecified atom stereocenters. The lowest BCUT2D eigenvalue weighted by Gasteiger charge is -2.28. The van der Waals surface area contributed by atoms with Crippen LogP contribution in [-0.4, -0.2) is 34.7 Å². The van der Waals surface area contributed by atoms with Crippen molar-refractivity contribution in [3.05, 3.63) is 82.0 Å². The van der Waals surface area contributed by atoms with E-state index in [9.17, 15) is 18.8 Å². The molecule has 184 valence electrons. The summed E-state index contributed by atoms with van der Waals surface area (Å²) in [5.74, 6) is -0.201. The average molecular weight is 479 g/mol. The van der Waals surface area contributed by atoms with Gasteiger partial charge in [0.15, 0.2) is 5.43 Å². The van der Waals surface area contributed by atoms with Crippen LogP contribution < -0.4 is 5.43 Å². The molecule has 7 heteroatoms. The van der Waals surface area contributed by atoms with E-state index in [0.29, 0.717) is 29.0 Å². The molecule has 0 radical (unpaired) electrons. The molecular formula is C28H31FN2O4. The van der Waals surface area contributed by atoms with Gasteiger partial charge in [-0.3, -0.25) is 14.4 Å². The van der Waals surface area contributed by atoms with Gasteiger partial charge in [0.25, 0.3) is 0 Å². The van der Waals surface area contributed by atoms with Crippen LogP contribution in [0.25, 0.3) is 11.0 Å². The van der Waals surface area contributed by atoms with Crippen molar-refractivity contribution in [2.75, 3.05) is 13.1 Å². The van der Waals surface area contributed by atoms with Crippen molar-refractivity contribution in [2.45, 2.75) is 46.2 Å². The van der Waals surface area contributed by atoms with E-state index >= 15 is 0 Å². The number of hydrogen-bond acceptors (Lipinski definition) is 4. The molecule has 0 spiro atoms. The number of nitrogens with zero attached hydrogens (tertiary/aromatic N) is 2. The summed E-state index contributed by atoms with van der Waals surface area (Å²) in [4.78, 5) is 42.7. The largest absolute Gasteiger partial charge is 0.464 e. The van der Waals surface area contributed by atoms with E-state index in [-0.39, 0.29) is 48.6 Å². The minimum absolute atomic E-state index is 0.00745. The van der Waals surface area contributed by atoms with Gasteiger partial charge in [-0.1, -0.05) is 38.1 Å². The third-order valence-electron chi connectivity index (χ3n) is 6.29. The fourth-order valence-electron chi connectivity index (χ4n) is 4.01. The second kappa shape index (κ2) is 10.8. The van der Waals surface area contributed by atoms with E-state index in [0.717, 1.165) is 24.8 Å². The summed E-state index contributed by atoms with van der Waals surface area (Å²) in [5, 5.41) is 0.446. The van der Waals surface area contributed by atoms with E-state index < -0.39 is 0 Å². The Morgan fingerprint density at radius 1 is 1.03 bits per heavy atom. The third-order valence-corrected chi connectivity index (χ3v) is 6.29. The number of fused-ring (bicyclic) bond motifs is 1. The number of carbonyl (C=O) groups excluding carboxylic acids is 2. The highest BCUT2D eigenvalue weighted by Crippen LogP contribution is 2.31. The lowest BCUT2D eigenvalue weighted by molar-refractivity contribution is -0.142. The monoisotopic (exact) mass is 478 g/mol. The Balaban J connectivity index is 1.59. The Morgan fingerprint density at radius 3 is 2.43 bits per heavy atom. The van der Waals surface area contributed by atoms with Crippen molar-refractivity contribution in [3.8, 4) is 0 Å². The number of para-hydroxylation sites is 1. The molecule has 0 N–H and O–H groups in total. The SMILES string of the molecule is CC(C)CCN(CC(=O)N(Cc1ccc(F)cc1)Cc1coc2ccccc2c1=O)C(=O)C1CC1. The first-order valence-corrected chi connectivity index (χ1v) is 12.1. The quantitative estimate of drug-likeness (QED) is 0.422. The second-order valence-corrected chi connectivity index (χ2v) is 9.68. The molecule has 1 fully saturated rings. The molecule has 1 aliphatic rings. The van der Waals surface area contributed by atoms with Crippen LogP contribution in [0.2, 0.25) is 0 Å². The Kier molecular flexibility index (Phi) is 7.63. The first-order chi connectivity index (χ1) is 16.8. The van der Waals surface area contributed by atoms with Gasteiger partial charge in [0.1, 0.15) is 11.4 Å². The minimum Gasteiger partial charge on any atom is -0.464 e. The maximum Gasteiger partial charge on any atom is 0.242 e. The smallest absolute Gasteiger partial charge is 0.242 e. The molecule has 1 saturated carbocycles. The molecule has 0 aliphatic heterocycles. The maximum absolute atomic E-state index is 13.5. The number of carbonyl (C=O) groups is 2. The predicted octanol–water partition coefficient (Wildman–Crippen LogP) is 4.75. The zero-order chi connectivity index (χ0) is 24.9. The molecule has 1 heterocycles. The maximum atomic E-state index is 13.5. The first kappa shape index (κ1) is 24.6. The molecule has 1 aromatic heterocycles. The summed E-state index contributed by atoms with van der Waals surface area (Å²) in [6.45, 7) is 4.84. The topological polar surface area (TPSA) is 70.8 Å². The van der Waals surface area contributed by atoms with E-state index in [1.807, 2.05) is 0 Å². The van der Waals surface area contributed by atoms with Crippen molar-refractivity contribution in [3.63, 3.8) is 0 Å². The third kappa shape index (κ3) is 6.35. The first-order valence-electron chi connectivity index (χ1n) is 12.1. The number of amides is 2. The van der Waals surface area contributed by atoms with Crippen LogP contribution >= 0.6 is 0 Å². The predicted molar refractivity (Wildman–Crippen MR) is 132 cm³/mol. The van der Waals surface area contributed by atoms with Crippen LogP contribution in [0.1, 0.15) is 44.2 Å². The lowest BCUT2D eigenvalue weighted by atomic mass is 10.1. The Morgan fingerprint density at radius 2 is 1.74 bits per heavy atom. The molecule has 4 rings (SSSR count). The number of halogens is 1. The van der Waals surface area contributed by atoms with Crippen LogP contribution in [0.4, 0.5) is 4.39 Å². The summed E-state index contributed by atoms with van der Waals surface area (Å²) in [6, 6.07) is 12.9. The second-order valence-electron chi connectivity index (χ2n) is 9.68. The van der Waals surface area contributed by atoms with Crippen LogP contribution in [0, 0.1) is 17.7 Å². The highest BCUT2D eigenvalue weighted by Gasteiger charge is 2.34. The van der Waals surface area contributed by atoms with Gasteiger partial charge in [-0.05, 0) is 55.0 Å². The molecular weight excluding hydrogens is 447 g/mol. The Hall–Kier alpha value is -3.48. The fourth-order valence-corrected chi connectivity index (χ4v) is 4.01. The molecule has 0 atom stereocenters. The summed E-state index contributed by atoms with van der Waals surface area (Å²) >= 11 is 0. The van der Waals surface area contributed by atoms with Crippen LogP contribution in [0.5, 0.6) is 0 Å². The zero-order valence-electron chi connectivity index (χ0n) is 20.2. The van der Waals surface area contributed by atoms with Crippen LogP contribution in [0.3, 0.4) is 0 Å². The number of hydrogen-bond donors (Lipinski definition) is 0. The zero-order valence-corrected chi connectivity index (χ0v) is 20.2. The summed E-state index contributed by atoms with van der Waals surface area (Å²) in [5.41, 5.74) is 1.36. The van der Waals surface area contributed by atoms with Gasteiger partial charge >= 0.3 is 0 Å². The Labute approximate surface area is 204 Å². The van der Waals surface area contributed by atoms with Crippen molar-refractivity contribution < 1.29 is 18.4 Å². The fraction of sp³-hybridized carbons (Fsp3) is 0.393. The van der Waals surface area contributed by atoms with E-state index in [2.05, 4.69) is 13.8 Å². The van der Waals surface area contributed by atoms with Gasteiger partial charge in [-0.25, -0.2) is 4.39 Å². The normalized spacial score (nSPS) is 13.3. The summed E-state index contributed by atoms with van der Waals surface area (Å²) < 4.78 is 19.1. The van der Waals surface area contributed by atoms with Crippen LogP contribution in [0.15, 0.2) is 64.0 Å². The van der Waals surface area contributed by atoms with Gasteiger partial charge in [-0.15, -0.1) is 0 Å². The minimum atomic E-state index is -0.364. The van der Waals surface area contributed by atoms with Crippen molar-refractivity contribution in [2.24, 2.45) is 11.8 Å². The number of benzene rings is 2. The molecule has 2 aromatic carbocycles. The molecule has 35 heavy (non-hydrogen) atoms.